The van der Waals surface area contributed by atoms with Crippen LogP contribution in [0.15, 0.2) is 30.3 Å². The van der Waals surface area contributed by atoms with Gasteiger partial charge < -0.3 is 10.2 Å². The van der Waals surface area contributed by atoms with Crippen LogP contribution in [0.25, 0.3) is 0 Å². The SMILES string of the molecule is Cc1ccc(Nc2cc(N3CCN(S(=O)(=O)CCN4C(=O)CCCC4=O)CC3)nc(C)n2)cc1. The maximum Gasteiger partial charge on any atom is 0.229 e. The normalized spacial score (nSPS) is 17.8. The highest BCUT2D eigenvalue weighted by atomic mass is 32.2. The topological polar surface area (TPSA) is 116 Å². The number of nitrogens with zero attached hydrogens (tertiary/aromatic N) is 5. The molecule has 0 saturated carbocycles. The Hall–Kier alpha value is -3.05. The predicted molar refractivity (Wildman–Crippen MR) is 129 cm³/mol. The lowest BCUT2D eigenvalue weighted by atomic mass is 10.1. The summed E-state index contributed by atoms with van der Waals surface area (Å²) in [5, 5.41) is 3.30. The summed E-state index contributed by atoms with van der Waals surface area (Å²) in [6.45, 7) is 5.38. The second-order valence-corrected chi connectivity index (χ2v) is 10.7. The monoisotopic (exact) mass is 486 g/mol. The van der Waals surface area contributed by atoms with Crippen molar-refractivity contribution in [2.45, 2.75) is 33.1 Å². The molecule has 3 heterocycles. The van der Waals surface area contributed by atoms with Crippen LogP contribution in [0.5, 0.6) is 0 Å². The zero-order valence-corrected chi connectivity index (χ0v) is 20.3. The average molecular weight is 487 g/mol. The lowest BCUT2D eigenvalue weighted by molar-refractivity contribution is -0.147. The number of aromatic nitrogens is 2. The fourth-order valence-corrected chi connectivity index (χ4v) is 5.53. The van der Waals surface area contributed by atoms with Gasteiger partial charge in [-0.05, 0) is 32.4 Å². The molecule has 34 heavy (non-hydrogen) atoms. The molecule has 1 aromatic carbocycles. The van der Waals surface area contributed by atoms with Crippen LogP contribution in [0, 0.1) is 13.8 Å². The van der Waals surface area contributed by atoms with Crippen molar-refractivity contribution in [1.82, 2.24) is 19.2 Å². The predicted octanol–water partition coefficient (Wildman–Crippen LogP) is 1.83. The minimum Gasteiger partial charge on any atom is -0.354 e. The minimum absolute atomic E-state index is 0.0840. The van der Waals surface area contributed by atoms with Gasteiger partial charge in [0.25, 0.3) is 0 Å². The van der Waals surface area contributed by atoms with Crippen molar-refractivity contribution < 1.29 is 18.0 Å². The molecule has 10 nitrogen and oxygen atoms in total. The standard InChI is InChI=1S/C23H30N6O4S/c1-17-6-8-19(9-7-17)26-20-16-21(25-18(2)24-20)27-10-12-28(13-11-27)34(32,33)15-14-29-22(30)4-3-5-23(29)31/h6-9,16H,3-5,10-15H2,1-2H3,(H,24,25,26). The van der Waals surface area contributed by atoms with Crippen LogP contribution in [0.4, 0.5) is 17.3 Å². The summed E-state index contributed by atoms with van der Waals surface area (Å²) in [6, 6.07) is 9.88. The molecule has 0 atom stereocenters. The summed E-state index contributed by atoms with van der Waals surface area (Å²) in [4.78, 5) is 36.0. The number of anilines is 3. The number of nitrogens with one attached hydrogen (secondary N) is 1. The van der Waals surface area contributed by atoms with Crippen LogP contribution in [0.3, 0.4) is 0 Å². The van der Waals surface area contributed by atoms with E-state index in [0.29, 0.717) is 57.1 Å². The van der Waals surface area contributed by atoms with Crippen molar-refractivity contribution in [2.24, 2.45) is 0 Å². The van der Waals surface area contributed by atoms with E-state index >= 15 is 0 Å². The van der Waals surface area contributed by atoms with Gasteiger partial charge in [0.15, 0.2) is 0 Å². The molecule has 2 saturated heterocycles. The van der Waals surface area contributed by atoms with Crippen LogP contribution in [-0.4, -0.2) is 77.9 Å². The lowest BCUT2D eigenvalue weighted by Crippen LogP contribution is -2.51. The van der Waals surface area contributed by atoms with Gasteiger partial charge in [0, 0.05) is 57.3 Å². The number of carbonyl (C=O) groups excluding carboxylic acids is 2. The van der Waals surface area contributed by atoms with Crippen molar-refractivity contribution in [2.75, 3.05) is 48.7 Å². The number of aryl methyl sites for hydroxylation is 2. The van der Waals surface area contributed by atoms with Gasteiger partial charge in [0.2, 0.25) is 21.8 Å². The molecule has 0 radical (unpaired) electrons. The number of sulfonamides is 1. The number of likely N-dealkylation sites (tertiary alicyclic amines) is 1. The number of benzene rings is 1. The maximum absolute atomic E-state index is 12.8. The van der Waals surface area contributed by atoms with Gasteiger partial charge in [-0.15, -0.1) is 0 Å². The van der Waals surface area contributed by atoms with Crippen LogP contribution in [0.2, 0.25) is 0 Å². The third-order valence-corrected chi connectivity index (χ3v) is 7.91. The van der Waals surface area contributed by atoms with Gasteiger partial charge in [-0.1, -0.05) is 17.7 Å². The summed E-state index contributed by atoms with van der Waals surface area (Å²) in [5.74, 6) is 1.22. The smallest absolute Gasteiger partial charge is 0.229 e. The molecule has 182 valence electrons. The second-order valence-electron chi connectivity index (χ2n) is 8.64. The van der Waals surface area contributed by atoms with Crippen molar-refractivity contribution in [1.29, 1.82) is 0 Å². The van der Waals surface area contributed by atoms with E-state index in [1.54, 1.807) is 0 Å². The van der Waals surface area contributed by atoms with E-state index in [0.717, 1.165) is 16.4 Å². The quantitative estimate of drug-likeness (QED) is 0.590. The highest BCUT2D eigenvalue weighted by Crippen LogP contribution is 2.22. The summed E-state index contributed by atoms with van der Waals surface area (Å²) in [6.07, 6.45) is 1.13. The zero-order chi connectivity index (χ0) is 24.3. The van der Waals surface area contributed by atoms with E-state index in [1.165, 1.54) is 9.87 Å². The molecule has 2 aliphatic heterocycles. The first-order valence-corrected chi connectivity index (χ1v) is 13.1. The van der Waals surface area contributed by atoms with E-state index in [4.69, 9.17) is 0 Å². The molecule has 0 aliphatic carbocycles. The van der Waals surface area contributed by atoms with Gasteiger partial charge in [0.1, 0.15) is 17.5 Å². The highest BCUT2D eigenvalue weighted by molar-refractivity contribution is 7.89. The van der Waals surface area contributed by atoms with E-state index < -0.39 is 10.0 Å². The van der Waals surface area contributed by atoms with Crippen LogP contribution in [0.1, 0.15) is 30.7 Å². The fourth-order valence-electron chi connectivity index (χ4n) is 4.14. The number of rotatable bonds is 7. The van der Waals surface area contributed by atoms with Crippen LogP contribution >= 0.6 is 0 Å². The Labute approximate surface area is 200 Å². The van der Waals surface area contributed by atoms with Crippen molar-refractivity contribution in [3.8, 4) is 0 Å². The Bertz CT molecular complexity index is 1140. The van der Waals surface area contributed by atoms with Crippen molar-refractivity contribution in [3.05, 3.63) is 41.7 Å². The Morgan fingerprint density at radius 3 is 2.24 bits per heavy atom. The summed E-state index contributed by atoms with van der Waals surface area (Å²) >= 11 is 0. The number of piperazine rings is 1. The fraction of sp³-hybridized carbons (Fsp3) is 0.478. The molecule has 2 aromatic rings. The van der Waals surface area contributed by atoms with Crippen LogP contribution < -0.4 is 10.2 Å². The summed E-state index contributed by atoms with van der Waals surface area (Å²) in [7, 11) is -3.58. The van der Waals surface area contributed by atoms with E-state index in [2.05, 4.69) is 15.3 Å². The van der Waals surface area contributed by atoms with E-state index in [-0.39, 0.29) is 24.1 Å². The Balaban J connectivity index is 1.36. The number of imide groups is 1. The molecular weight excluding hydrogens is 456 g/mol. The van der Waals surface area contributed by atoms with E-state index in [1.807, 2.05) is 49.1 Å². The van der Waals surface area contributed by atoms with Gasteiger partial charge in [-0.2, -0.15) is 4.31 Å². The molecule has 11 heteroatoms. The first kappa shape index (κ1) is 24.1. The first-order chi connectivity index (χ1) is 16.2. The number of carbonyl (C=O) groups is 2. The van der Waals surface area contributed by atoms with Gasteiger partial charge in [-0.25, -0.2) is 18.4 Å². The van der Waals surface area contributed by atoms with Crippen molar-refractivity contribution >= 4 is 39.2 Å². The Morgan fingerprint density at radius 2 is 1.59 bits per heavy atom. The number of hydrogen-bond donors (Lipinski definition) is 1. The highest BCUT2D eigenvalue weighted by Gasteiger charge is 2.31. The summed E-state index contributed by atoms with van der Waals surface area (Å²) in [5.41, 5.74) is 2.10. The number of hydrogen-bond acceptors (Lipinski definition) is 8. The molecule has 0 bridgehead atoms. The maximum atomic E-state index is 12.8. The van der Waals surface area contributed by atoms with Crippen LogP contribution in [-0.2, 0) is 19.6 Å². The number of amides is 2. The minimum atomic E-state index is -3.58. The Kier molecular flexibility index (Phi) is 7.13. The molecule has 2 amide bonds. The first-order valence-electron chi connectivity index (χ1n) is 11.5. The Morgan fingerprint density at radius 1 is 0.941 bits per heavy atom. The zero-order valence-electron chi connectivity index (χ0n) is 19.5. The van der Waals surface area contributed by atoms with E-state index in [9.17, 15) is 18.0 Å². The molecular formula is C23H30N6O4S. The number of piperidine rings is 1. The molecule has 4 rings (SSSR count). The molecule has 1 aromatic heterocycles. The second kappa shape index (κ2) is 10.1. The molecule has 1 N–H and O–H groups in total. The molecule has 0 unspecified atom stereocenters. The third-order valence-electron chi connectivity index (χ3n) is 6.06. The summed E-state index contributed by atoms with van der Waals surface area (Å²) < 4.78 is 27.1. The van der Waals surface area contributed by atoms with Gasteiger partial charge in [-0.3, -0.25) is 14.5 Å². The lowest BCUT2D eigenvalue weighted by Gasteiger charge is -2.35. The average Bonchev–Trinajstić information content (AvgIpc) is 2.80. The largest absolute Gasteiger partial charge is 0.354 e. The third kappa shape index (κ3) is 5.71. The van der Waals surface area contributed by atoms with Crippen molar-refractivity contribution in [3.63, 3.8) is 0 Å². The van der Waals surface area contributed by atoms with Gasteiger partial charge >= 0.3 is 0 Å². The van der Waals surface area contributed by atoms with Gasteiger partial charge in [0.05, 0.1) is 5.75 Å². The molecule has 2 aliphatic rings. The molecule has 0 spiro atoms. The molecule has 2 fully saturated rings.